The zero-order valence-electron chi connectivity index (χ0n) is 16.9. The van der Waals surface area contributed by atoms with Crippen LogP contribution in [0.2, 0.25) is 0 Å². The summed E-state index contributed by atoms with van der Waals surface area (Å²) in [6.45, 7) is 4.17. The smallest absolute Gasteiger partial charge is 0.303 e. The van der Waals surface area contributed by atoms with Crippen LogP contribution < -0.4 is 0 Å². The quantitative estimate of drug-likeness (QED) is 0.388. The van der Waals surface area contributed by atoms with Crippen molar-refractivity contribution in [3.8, 4) is 6.07 Å². The van der Waals surface area contributed by atoms with Gasteiger partial charge in [-0.25, -0.2) is 0 Å². The predicted octanol–water partition coefficient (Wildman–Crippen LogP) is 3.55. The monoisotopic (exact) mass is 391 g/mol. The molecule has 2 fully saturated rings. The number of hydrogen-bond donors (Lipinski definition) is 3. The number of allylic oxidation sites excluding steroid dienone is 2. The highest BCUT2D eigenvalue weighted by molar-refractivity contribution is 5.66. The number of carbonyl (C=O) groups is 1. The van der Waals surface area contributed by atoms with Crippen LogP contribution in [0.5, 0.6) is 0 Å². The van der Waals surface area contributed by atoms with Gasteiger partial charge in [-0.2, -0.15) is 5.26 Å². The second kappa shape index (κ2) is 10.6. The molecule has 0 spiro atoms. The van der Waals surface area contributed by atoms with Crippen molar-refractivity contribution < 1.29 is 24.9 Å². The molecular formula is C22H33NO5. The van der Waals surface area contributed by atoms with Crippen LogP contribution in [0.1, 0.15) is 65.2 Å². The second-order valence-corrected chi connectivity index (χ2v) is 8.16. The summed E-state index contributed by atoms with van der Waals surface area (Å²) in [5.41, 5.74) is 0.515. The van der Waals surface area contributed by atoms with Gasteiger partial charge >= 0.3 is 5.97 Å². The Balaban J connectivity index is 2.00. The number of unbranched alkanes of at least 4 members (excludes halogenated alkanes) is 1. The van der Waals surface area contributed by atoms with Crippen molar-refractivity contribution in [3.05, 3.63) is 23.5 Å². The number of fused-ring (bicyclic) bond motifs is 1. The first-order valence-electron chi connectivity index (χ1n) is 10.4. The Bertz CT molecular complexity index is 635. The van der Waals surface area contributed by atoms with Crippen LogP contribution in [-0.4, -0.2) is 39.6 Å². The van der Waals surface area contributed by atoms with E-state index in [1.54, 1.807) is 6.08 Å². The van der Waals surface area contributed by atoms with Gasteiger partial charge in [0.15, 0.2) is 0 Å². The number of ether oxygens (including phenoxy) is 1. The number of nitriles is 1. The Morgan fingerprint density at radius 2 is 2.14 bits per heavy atom. The van der Waals surface area contributed by atoms with E-state index >= 15 is 0 Å². The van der Waals surface area contributed by atoms with Gasteiger partial charge in [-0.3, -0.25) is 4.79 Å². The molecule has 6 nitrogen and oxygen atoms in total. The molecule has 2 aliphatic rings. The molecule has 3 N–H and O–H groups in total. The molecular weight excluding hydrogens is 358 g/mol. The molecule has 1 heterocycles. The van der Waals surface area contributed by atoms with Gasteiger partial charge in [0.2, 0.25) is 0 Å². The molecule has 2 rings (SSSR count). The minimum absolute atomic E-state index is 0.0312. The zero-order chi connectivity index (χ0) is 20.7. The van der Waals surface area contributed by atoms with Crippen molar-refractivity contribution in [2.45, 2.75) is 83.5 Å². The summed E-state index contributed by atoms with van der Waals surface area (Å²) in [7, 11) is 0. The van der Waals surface area contributed by atoms with Gasteiger partial charge in [-0.05, 0) is 25.2 Å². The summed E-state index contributed by atoms with van der Waals surface area (Å²) in [5.74, 6) is -0.0615. The molecule has 0 aromatic rings. The SMILES string of the molecule is CCCCC(C)[C@H](O)/C=C/[C@@H]1[C@H]2CC(=C(C#N)CCCC(=O)O)O[C@H]2C[C@H]1O. The van der Waals surface area contributed by atoms with Crippen LogP contribution in [0.15, 0.2) is 23.5 Å². The van der Waals surface area contributed by atoms with Gasteiger partial charge < -0.3 is 20.1 Å². The lowest BCUT2D eigenvalue weighted by Gasteiger charge is -2.18. The molecule has 0 amide bonds. The average Bonchev–Trinajstić information content (AvgIpc) is 3.18. The molecule has 28 heavy (non-hydrogen) atoms. The van der Waals surface area contributed by atoms with Crippen molar-refractivity contribution in [3.63, 3.8) is 0 Å². The van der Waals surface area contributed by atoms with Gasteiger partial charge in [0, 0.05) is 31.1 Å². The van der Waals surface area contributed by atoms with Gasteiger partial charge in [-0.15, -0.1) is 0 Å². The third-order valence-corrected chi connectivity index (χ3v) is 6.02. The molecule has 1 unspecified atom stereocenters. The summed E-state index contributed by atoms with van der Waals surface area (Å²) in [5, 5.41) is 38.9. The molecule has 0 aromatic heterocycles. The van der Waals surface area contributed by atoms with E-state index in [0.717, 1.165) is 19.3 Å². The Labute approximate surface area is 167 Å². The zero-order valence-corrected chi connectivity index (χ0v) is 16.9. The summed E-state index contributed by atoms with van der Waals surface area (Å²) in [4.78, 5) is 10.7. The first-order valence-corrected chi connectivity index (χ1v) is 10.4. The highest BCUT2D eigenvalue weighted by Gasteiger charge is 2.47. The van der Waals surface area contributed by atoms with E-state index in [1.807, 2.05) is 13.0 Å². The van der Waals surface area contributed by atoms with Gasteiger partial charge in [0.1, 0.15) is 11.9 Å². The Morgan fingerprint density at radius 3 is 2.79 bits per heavy atom. The van der Waals surface area contributed by atoms with Crippen LogP contribution in [0.25, 0.3) is 0 Å². The van der Waals surface area contributed by atoms with E-state index in [2.05, 4.69) is 13.0 Å². The molecule has 156 valence electrons. The number of hydrogen-bond acceptors (Lipinski definition) is 5. The number of aliphatic carboxylic acids is 1. The van der Waals surface area contributed by atoms with E-state index < -0.39 is 18.2 Å². The van der Waals surface area contributed by atoms with Crippen molar-refractivity contribution in [1.29, 1.82) is 5.26 Å². The Hall–Kier alpha value is -1.84. The number of nitrogens with zero attached hydrogens (tertiary/aromatic N) is 1. The van der Waals surface area contributed by atoms with Crippen LogP contribution in [-0.2, 0) is 9.53 Å². The Kier molecular flexibility index (Phi) is 8.53. The number of carboxylic acid groups (broad SMARTS) is 1. The highest BCUT2D eigenvalue weighted by Crippen LogP contribution is 2.46. The molecule has 0 radical (unpaired) electrons. The fourth-order valence-electron chi connectivity index (χ4n) is 4.22. The molecule has 6 heteroatoms. The van der Waals surface area contributed by atoms with E-state index in [4.69, 9.17) is 9.84 Å². The number of aliphatic hydroxyl groups is 2. The molecule has 0 aromatic carbocycles. The maximum atomic E-state index is 10.7. The van der Waals surface area contributed by atoms with Crippen LogP contribution in [0, 0.1) is 29.1 Å². The maximum Gasteiger partial charge on any atom is 0.303 e. The largest absolute Gasteiger partial charge is 0.493 e. The molecule has 6 atom stereocenters. The van der Waals surface area contributed by atoms with E-state index in [0.29, 0.717) is 37.0 Å². The number of carboxylic acids is 1. The van der Waals surface area contributed by atoms with Crippen molar-refractivity contribution >= 4 is 5.97 Å². The lowest BCUT2D eigenvalue weighted by molar-refractivity contribution is -0.137. The van der Waals surface area contributed by atoms with Gasteiger partial charge in [-0.1, -0.05) is 38.8 Å². The van der Waals surface area contributed by atoms with E-state index in [1.165, 1.54) is 0 Å². The number of aliphatic hydroxyl groups excluding tert-OH is 2. The van der Waals surface area contributed by atoms with Crippen molar-refractivity contribution in [1.82, 2.24) is 0 Å². The lowest BCUT2D eigenvalue weighted by Crippen LogP contribution is -2.20. The fourth-order valence-corrected chi connectivity index (χ4v) is 4.22. The fraction of sp³-hybridized carbons (Fsp3) is 0.727. The molecule has 1 saturated carbocycles. The minimum Gasteiger partial charge on any atom is -0.493 e. The minimum atomic E-state index is -0.869. The third-order valence-electron chi connectivity index (χ3n) is 6.02. The standard InChI is InChI=1S/C22H33NO5/c1-3-4-6-14(2)18(24)10-9-16-17-11-20(28-21(17)12-19(16)25)15(13-23)7-5-8-22(26)27/h9-10,14,16-19,21,24-25H,3-8,11-12H2,1-2H3,(H,26,27)/b10-9+,20-15?/t14?,16-,17-,18-,19-,21+/m1/s1. The normalized spacial score (nSPS) is 30.5. The van der Waals surface area contributed by atoms with Crippen LogP contribution in [0.4, 0.5) is 0 Å². The summed E-state index contributed by atoms with van der Waals surface area (Å²) in [6.07, 6.45) is 7.65. The van der Waals surface area contributed by atoms with Crippen LogP contribution >= 0.6 is 0 Å². The summed E-state index contributed by atoms with van der Waals surface area (Å²) < 4.78 is 5.96. The maximum absolute atomic E-state index is 10.7. The van der Waals surface area contributed by atoms with Gasteiger partial charge in [0.25, 0.3) is 0 Å². The third kappa shape index (κ3) is 5.83. The molecule has 1 aliphatic heterocycles. The molecule has 1 saturated heterocycles. The van der Waals surface area contributed by atoms with Crippen LogP contribution in [0.3, 0.4) is 0 Å². The predicted molar refractivity (Wildman–Crippen MR) is 105 cm³/mol. The van der Waals surface area contributed by atoms with E-state index in [9.17, 15) is 20.3 Å². The van der Waals surface area contributed by atoms with Crippen molar-refractivity contribution in [2.75, 3.05) is 0 Å². The first kappa shape index (κ1) is 22.4. The number of rotatable bonds is 10. The first-order chi connectivity index (χ1) is 13.4. The summed E-state index contributed by atoms with van der Waals surface area (Å²) >= 11 is 0. The molecule has 0 bridgehead atoms. The van der Waals surface area contributed by atoms with Gasteiger partial charge in [0.05, 0.1) is 23.9 Å². The average molecular weight is 392 g/mol. The van der Waals surface area contributed by atoms with E-state index in [-0.39, 0.29) is 30.3 Å². The summed E-state index contributed by atoms with van der Waals surface area (Å²) in [6, 6.07) is 2.16. The second-order valence-electron chi connectivity index (χ2n) is 8.16. The molecule has 1 aliphatic carbocycles. The highest BCUT2D eigenvalue weighted by atomic mass is 16.5. The Morgan fingerprint density at radius 1 is 1.39 bits per heavy atom. The van der Waals surface area contributed by atoms with Crippen molar-refractivity contribution in [2.24, 2.45) is 17.8 Å². The topological polar surface area (TPSA) is 111 Å². The lowest BCUT2D eigenvalue weighted by atomic mass is 9.89.